The SMILES string of the molecule is CC(NC(=O)C=Cc1cccc(C(F)(F)F)c1)c1nc(-c2cccnc2)cs1. The molecule has 0 aliphatic rings. The van der Waals surface area contributed by atoms with Crippen molar-refractivity contribution >= 4 is 23.3 Å². The molecule has 1 aromatic carbocycles. The summed E-state index contributed by atoms with van der Waals surface area (Å²) in [5, 5.41) is 5.36. The molecular formula is C20H16F3N3OS. The van der Waals surface area contributed by atoms with E-state index in [0.717, 1.165) is 28.4 Å². The molecule has 1 N–H and O–H groups in total. The third-order valence-electron chi connectivity index (χ3n) is 3.85. The number of amides is 1. The second-order valence-corrected chi connectivity index (χ2v) is 6.89. The first-order valence-corrected chi connectivity index (χ1v) is 9.22. The van der Waals surface area contributed by atoms with Crippen molar-refractivity contribution in [2.75, 3.05) is 0 Å². The summed E-state index contributed by atoms with van der Waals surface area (Å²) in [4.78, 5) is 20.7. The van der Waals surface area contributed by atoms with Crippen molar-refractivity contribution < 1.29 is 18.0 Å². The van der Waals surface area contributed by atoms with Crippen LogP contribution < -0.4 is 5.32 Å². The fourth-order valence-electron chi connectivity index (χ4n) is 2.45. The Morgan fingerprint density at radius 3 is 2.79 bits per heavy atom. The number of halogens is 3. The molecule has 4 nitrogen and oxygen atoms in total. The molecule has 2 aromatic heterocycles. The van der Waals surface area contributed by atoms with Gasteiger partial charge in [0.15, 0.2) is 0 Å². The molecule has 3 aromatic rings. The Balaban J connectivity index is 1.63. The van der Waals surface area contributed by atoms with Crippen molar-refractivity contribution in [2.45, 2.75) is 19.1 Å². The molecule has 0 radical (unpaired) electrons. The van der Waals surface area contributed by atoms with E-state index in [2.05, 4.69) is 15.3 Å². The van der Waals surface area contributed by atoms with Crippen LogP contribution >= 0.6 is 11.3 Å². The van der Waals surface area contributed by atoms with Gasteiger partial charge in [0.25, 0.3) is 0 Å². The number of hydrogen-bond acceptors (Lipinski definition) is 4. The summed E-state index contributed by atoms with van der Waals surface area (Å²) in [6, 6.07) is 8.16. The standard InChI is InChI=1S/C20H16F3N3OS/c1-13(19-26-17(12-28-19)15-5-3-9-24-11-15)25-18(27)8-7-14-4-2-6-16(10-14)20(21,22)23/h2-13H,1H3,(H,25,27). The zero-order chi connectivity index (χ0) is 20.1. The van der Waals surface area contributed by atoms with E-state index in [-0.39, 0.29) is 6.04 Å². The number of aromatic nitrogens is 2. The number of nitrogens with zero attached hydrogens (tertiary/aromatic N) is 2. The molecule has 1 unspecified atom stereocenters. The number of carbonyl (C=O) groups is 1. The average molecular weight is 403 g/mol. The van der Waals surface area contributed by atoms with E-state index in [0.29, 0.717) is 5.56 Å². The summed E-state index contributed by atoms with van der Waals surface area (Å²) in [7, 11) is 0. The van der Waals surface area contributed by atoms with Crippen molar-refractivity contribution in [3.63, 3.8) is 0 Å². The van der Waals surface area contributed by atoms with Gasteiger partial charge in [0.1, 0.15) is 5.01 Å². The highest BCUT2D eigenvalue weighted by molar-refractivity contribution is 7.10. The first-order valence-electron chi connectivity index (χ1n) is 8.34. The minimum absolute atomic E-state index is 0.297. The molecule has 0 aliphatic heterocycles. The Bertz CT molecular complexity index is 984. The molecule has 0 aliphatic carbocycles. The van der Waals surface area contributed by atoms with Gasteiger partial charge in [-0.1, -0.05) is 12.1 Å². The van der Waals surface area contributed by atoms with Crippen LogP contribution in [0.4, 0.5) is 13.2 Å². The molecule has 28 heavy (non-hydrogen) atoms. The summed E-state index contributed by atoms with van der Waals surface area (Å²) in [5.41, 5.74) is 1.20. The van der Waals surface area contributed by atoms with E-state index in [1.54, 1.807) is 19.3 Å². The van der Waals surface area contributed by atoms with E-state index in [1.165, 1.54) is 35.6 Å². The van der Waals surface area contributed by atoms with Crippen LogP contribution in [0.5, 0.6) is 0 Å². The number of pyridine rings is 1. The van der Waals surface area contributed by atoms with Crippen LogP contribution in [0.1, 0.15) is 29.1 Å². The topological polar surface area (TPSA) is 54.9 Å². The fourth-order valence-corrected chi connectivity index (χ4v) is 3.28. The third kappa shape index (κ3) is 5.04. The third-order valence-corrected chi connectivity index (χ3v) is 4.88. The molecule has 1 amide bonds. The normalized spacial score (nSPS) is 12.9. The summed E-state index contributed by atoms with van der Waals surface area (Å²) >= 11 is 1.41. The Kier molecular flexibility index (Phi) is 5.89. The van der Waals surface area contributed by atoms with Crippen LogP contribution in [0, 0.1) is 0 Å². The van der Waals surface area contributed by atoms with E-state index in [9.17, 15) is 18.0 Å². The molecule has 144 valence electrons. The number of hydrogen-bond donors (Lipinski definition) is 1. The predicted molar refractivity (Wildman–Crippen MR) is 102 cm³/mol. The summed E-state index contributed by atoms with van der Waals surface area (Å²) in [5.74, 6) is -0.414. The number of thiazole rings is 1. The number of nitrogens with one attached hydrogen (secondary N) is 1. The van der Waals surface area contributed by atoms with Gasteiger partial charge in [0, 0.05) is 29.4 Å². The molecule has 0 fully saturated rings. The van der Waals surface area contributed by atoms with Crippen molar-refractivity contribution in [2.24, 2.45) is 0 Å². The highest BCUT2D eigenvalue weighted by Gasteiger charge is 2.30. The maximum Gasteiger partial charge on any atom is 0.416 e. The van der Waals surface area contributed by atoms with Gasteiger partial charge in [-0.2, -0.15) is 13.2 Å². The zero-order valence-corrected chi connectivity index (χ0v) is 15.6. The summed E-state index contributed by atoms with van der Waals surface area (Å²) in [6.45, 7) is 1.79. The maximum atomic E-state index is 12.7. The molecule has 0 saturated heterocycles. The van der Waals surface area contributed by atoms with Crippen LogP contribution in [0.25, 0.3) is 17.3 Å². The van der Waals surface area contributed by atoms with Crippen LogP contribution in [-0.4, -0.2) is 15.9 Å². The molecule has 1 atom stereocenters. The highest BCUT2D eigenvalue weighted by Crippen LogP contribution is 2.29. The van der Waals surface area contributed by atoms with E-state index in [4.69, 9.17) is 0 Å². The largest absolute Gasteiger partial charge is 0.416 e. The Morgan fingerprint density at radius 1 is 1.25 bits per heavy atom. The van der Waals surface area contributed by atoms with Gasteiger partial charge in [-0.15, -0.1) is 11.3 Å². The second kappa shape index (κ2) is 8.35. The van der Waals surface area contributed by atoms with Gasteiger partial charge < -0.3 is 5.32 Å². The lowest BCUT2D eigenvalue weighted by Gasteiger charge is -2.09. The lowest BCUT2D eigenvalue weighted by atomic mass is 10.1. The average Bonchev–Trinajstić information content (AvgIpc) is 3.17. The molecule has 2 heterocycles. The molecule has 0 spiro atoms. The molecule has 0 saturated carbocycles. The first-order chi connectivity index (χ1) is 13.3. The minimum atomic E-state index is -4.42. The van der Waals surface area contributed by atoms with Gasteiger partial charge in [0.2, 0.25) is 5.91 Å². The monoisotopic (exact) mass is 403 g/mol. The van der Waals surface area contributed by atoms with Crippen molar-refractivity contribution in [3.8, 4) is 11.3 Å². The summed E-state index contributed by atoms with van der Waals surface area (Å²) in [6.07, 6.45) is 1.52. The minimum Gasteiger partial charge on any atom is -0.344 e. The van der Waals surface area contributed by atoms with Crippen LogP contribution in [-0.2, 0) is 11.0 Å². The molecule has 8 heteroatoms. The highest BCUT2D eigenvalue weighted by atomic mass is 32.1. The Morgan fingerprint density at radius 2 is 2.07 bits per heavy atom. The van der Waals surface area contributed by atoms with Crippen molar-refractivity contribution in [1.82, 2.24) is 15.3 Å². The van der Waals surface area contributed by atoms with Gasteiger partial charge in [0.05, 0.1) is 17.3 Å². The smallest absolute Gasteiger partial charge is 0.344 e. The van der Waals surface area contributed by atoms with E-state index in [1.807, 2.05) is 17.5 Å². The number of alkyl halides is 3. The Labute approximate surface area is 163 Å². The van der Waals surface area contributed by atoms with Crippen molar-refractivity contribution in [3.05, 3.63) is 76.4 Å². The first kappa shape index (κ1) is 19.8. The molecule has 0 bridgehead atoms. The van der Waals surface area contributed by atoms with Gasteiger partial charge >= 0.3 is 6.18 Å². The van der Waals surface area contributed by atoms with Gasteiger partial charge in [-0.05, 0) is 42.8 Å². The van der Waals surface area contributed by atoms with Crippen LogP contribution in [0.15, 0.2) is 60.2 Å². The maximum absolute atomic E-state index is 12.7. The van der Waals surface area contributed by atoms with Crippen LogP contribution in [0.2, 0.25) is 0 Å². The predicted octanol–water partition coefficient (Wildman–Crippen LogP) is 5.11. The van der Waals surface area contributed by atoms with Crippen molar-refractivity contribution in [1.29, 1.82) is 0 Å². The molecular weight excluding hydrogens is 387 g/mol. The molecule has 3 rings (SSSR count). The van der Waals surface area contributed by atoms with E-state index < -0.39 is 17.6 Å². The quantitative estimate of drug-likeness (QED) is 0.602. The van der Waals surface area contributed by atoms with Gasteiger partial charge in [-0.25, -0.2) is 4.98 Å². The van der Waals surface area contributed by atoms with Crippen LogP contribution in [0.3, 0.4) is 0 Å². The number of benzene rings is 1. The number of carbonyl (C=O) groups excluding carboxylic acids is 1. The van der Waals surface area contributed by atoms with Gasteiger partial charge in [-0.3, -0.25) is 9.78 Å². The second-order valence-electron chi connectivity index (χ2n) is 6.00. The fraction of sp³-hybridized carbons (Fsp3) is 0.150. The van der Waals surface area contributed by atoms with E-state index >= 15 is 0 Å². The Hall–Kier alpha value is -3.00. The number of rotatable bonds is 5. The lowest BCUT2D eigenvalue weighted by Crippen LogP contribution is -2.24. The lowest BCUT2D eigenvalue weighted by molar-refractivity contribution is -0.137. The zero-order valence-electron chi connectivity index (χ0n) is 14.8. The summed E-state index contributed by atoms with van der Waals surface area (Å²) < 4.78 is 38.2.